The first-order chi connectivity index (χ1) is 18.3. The lowest BCUT2D eigenvalue weighted by Gasteiger charge is -2.26. The quantitative estimate of drug-likeness (QED) is 0.361. The molecule has 5 heterocycles. The second-order valence-corrected chi connectivity index (χ2v) is 9.05. The molecule has 9 nitrogen and oxygen atoms in total. The topological polar surface area (TPSA) is 95.3 Å². The summed E-state index contributed by atoms with van der Waals surface area (Å²) in [4.78, 5) is 32.7. The number of pyridine rings is 3. The summed E-state index contributed by atoms with van der Waals surface area (Å²) in [6.45, 7) is 5.84. The summed E-state index contributed by atoms with van der Waals surface area (Å²) in [7, 11) is 0. The second-order valence-electron chi connectivity index (χ2n) is 8.67. The zero-order chi connectivity index (χ0) is 26.8. The molecule has 1 saturated heterocycles. The molecule has 0 amide bonds. The van der Waals surface area contributed by atoms with Crippen LogP contribution in [0, 0.1) is 25.5 Å². The summed E-state index contributed by atoms with van der Waals surface area (Å²) < 4.78 is 39.5. The zero-order valence-electron chi connectivity index (χ0n) is 20.6. The Balaban J connectivity index is 1.47. The Morgan fingerprint density at radius 3 is 2.61 bits per heavy atom. The first kappa shape index (κ1) is 25.7. The molecule has 5 rings (SSSR count). The molecule has 1 aliphatic rings. The number of anilines is 1. The molecule has 0 aliphatic carbocycles. The summed E-state index contributed by atoms with van der Waals surface area (Å²) >= 11 is 6.38. The van der Waals surface area contributed by atoms with Gasteiger partial charge in [0.25, 0.3) is 5.56 Å². The van der Waals surface area contributed by atoms with Crippen molar-refractivity contribution in [3.8, 4) is 22.8 Å². The highest BCUT2D eigenvalue weighted by atomic mass is 35.5. The number of aromatic nitrogens is 5. The molecule has 0 atom stereocenters. The highest BCUT2D eigenvalue weighted by molar-refractivity contribution is 6.31. The third kappa shape index (κ3) is 5.20. The van der Waals surface area contributed by atoms with E-state index in [0.29, 0.717) is 61.1 Å². The summed E-state index contributed by atoms with van der Waals surface area (Å²) in [5.41, 5.74) is 2.37. The first-order valence-electron chi connectivity index (χ1n) is 11.8. The van der Waals surface area contributed by atoms with Crippen molar-refractivity contribution in [1.29, 1.82) is 0 Å². The van der Waals surface area contributed by atoms with Gasteiger partial charge in [0.2, 0.25) is 5.95 Å². The van der Waals surface area contributed by atoms with Gasteiger partial charge in [-0.25, -0.2) is 18.7 Å². The highest BCUT2D eigenvalue weighted by Crippen LogP contribution is 2.27. The van der Waals surface area contributed by atoms with Gasteiger partial charge >= 0.3 is 0 Å². The van der Waals surface area contributed by atoms with Gasteiger partial charge in [0, 0.05) is 43.3 Å². The first-order valence-corrected chi connectivity index (χ1v) is 12.2. The fourth-order valence-corrected chi connectivity index (χ4v) is 4.28. The summed E-state index contributed by atoms with van der Waals surface area (Å²) in [5, 5.41) is -0.187. The van der Waals surface area contributed by atoms with Gasteiger partial charge in [0.15, 0.2) is 5.82 Å². The molecule has 12 heteroatoms. The molecule has 0 bridgehead atoms. The van der Waals surface area contributed by atoms with Crippen molar-refractivity contribution in [1.82, 2.24) is 24.5 Å². The minimum Gasteiger partial charge on any atom is -0.485 e. The van der Waals surface area contributed by atoms with E-state index in [1.54, 1.807) is 37.5 Å². The molecule has 4 aromatic heterocycles. The van der Waals surface area contributed by atoms with Gasteiger partial charge in [0.1, 0.15) is 28.9 Å². The van der Waals surface area contributed by atoms with Gasteiger partial charge in [-0.1, -0.05) is 11.6 Å². The van der Waals surface area contributed by atoms with Crippen LogP contribution in [0.5, 0.6) is 5.75 Å². The largest absolute Gasteiger partial charge is 0.485 e. The van der Waals surface area contributed by atoms with E-state index < -0.39 is 17.2 Å². The van der Waals surface area contributed by atoms with Crippen molar-refractivity contribution >= 4 is 17.5 Å². The van der Waals surface area contributed by atoms with Gasteiger partial charge in [-0.2, -0.15) is 0 Å². The molecule has 0 radical (unpaired) electrons. The van der Waals surface area contributed by atoms with Gasteiger partial charge in [-0.3, -0.25) is 19.3 Å². The van der Waals surface area contributed by atoms with E-state index in [4.69, 9.17) is 21.1 Å². The molecule has 4 aromatic rings. The minimum atomic E-state index is -0.854. The van der Waals surface area contributed by atoms with Crippen LogP contribution in [0.2, 0.25) is 5.02 Å². The third-order valence-electron chi connectivity index (χ3n) is 6.06. The van der Waals surface area contributed by atoms with Crippen LogP contribution in [0.15, 0.2) is 47.7 Å². The monoisotopic (exact) mass is 540 g/mol. The standard InChI is InChI=1S/C26H23ClF2N6O3/c1-15-12-31-20(19-3-4-30-26(33-19)34-5-7-37-8-6-34)11-22(15)35-16(2)9-23(24(27)25(35)36)38-14-21-18(29)10-17(28)13-32-21/h3-4,9-13H,5-8,14H2,1-2H3. The Bertz CT molecular complexity index is 1560. The average Bonchev–Trinajstić information content (AvgIpc) is 2.92. The summed E-state index contributed by atoms with van der Waals surface area (Å²) in [6, 6.07) is 5.81. The van der Waals surface area contributed by atoms with Gasteiger partial charge in [0.05, 0.1) is 36.5 Å². The van der Waals surface area contributed by atoms with Crippen LogP contribution in [-0.2, 0) is 11.3 Å². The Morgan fingerprint density at radius 1 is 1.05 bits per heavy atom. The predicted octanol–water partition coefficient (Wildman–Crippen LogP) is 4.05. The van der Waals surface area contributed by atoms with Crippen molar-refractivity contribution in [2.24, 2.45) is 0 Å². The van der Waals surface area contributed by atoms with E-state index in [2.05, 4.69) is 19.9 Å². The van der Waals surface area contributed by atoms with E-state index >= 15 is 0 Å². The zero-order valence-corrected chi connectivity index (χ0v) is 21.4. The van der Waals surface area contributed by atoms with Crippen LogP contribution in [-0.4, -0.2) is 50.8 Å². The fourth-order valence-electron chi connectivity index (χ4n) is 4.08. The number of morpholine rings is 1. The van der Waals surface area contributed by atoms with E-state index in [1.165, 1.54) is 4.57 Å². The molecule has 1 aliphatic heterocycles. The van der Waals surface area contributed by atoms with Gasteiger partial charge in [-0.15, -0.1) is 0 Å². The fraction of sp³-hybridized carbons (Fsp3) is 0.269. The van der Waals surface area contributed by atoms with Crippen molar-refractivity contribution in [2.45, 2.75) is 20.5 Å². The Kier molecular flexibility index (Phi) is 7.30. The maximum Gasteiger partial charge on any atom is 0.277 e. The molecule has 0 unspecified atom stereocenters. The molecule has 38 heavy (non-hydrogen) atoms. The average molecular weight is 541 g/mol. The minimum absolute atomic E-state index is 0.0637. The van der Waals surface area contributed by atoms with Crippen LogP contribution in [0.3, 0.4) is 0 Å². The smallest absolute Gasteiger partial charge is 0.277 e. The SMILES string of the molecule is Cc1cnc(-c2ccnc(N3CCOCC3)n2)cc1-n1c(C)cc(OCc2ncc(F)cc2F)c(Cl)c1=O. The second kappa shape index (κ2) is 10.8. The Labute approximate surface area is 221 Å². The van der Waals surface area contributed by atoms with Crippen molar-refractivity contribution in [3.63, 3.8) is 0 Å². The predicted molar refractivity (Wildman–Crippen MR) is 137 cm³/mol. The summed E-state index contributed by atoms with van der Waals surface area (Å²) in [5.74, 6) is -1.00. The number of aryl methyl sites for hydroxylation is 2. The molecule has 1 fully saturated rings. The van der Waals surface area contributed by atoms with E-state index in [0.717, 1.165) is 11.8 Å². The number of ether oxygens (including phenoxy) is 2. The van der Waals surface area contributed by atoms with Gasteiger partial charge in [-0.05, 0) is 31.5 Å². The molecule has 0 N–H and O–H groups in total. The van der Waals surface area contributed by atoms with Crippen molar-refractivity contribution in [3.05, 3.63) is 86.8 Å². The number of rotatable bonds is 6. The normalized spacial score (nSPS) is 13.6. The molecule has 196 valence electrons. The van der Waals surface area contributed by atoms with Crippen LogP contribution in [0.1, 0.15) is 17.0 Å². The molecule has 0 saturated carbocycles. The summed E-state index contributed by atoms with van der Waals surface area (Å²) in [6.07, 6.45) is 4.22. The van der Waals surface area contributed by atoms with Crippen LogP contribution >= 0.6 is 11.6 Å². The lowest BCUT2D eigenvalue weighted by molar-refractivity contribution is 0.122. The lowest BCUT2D eigenvalue weighted by Crippen LogP contribution is -2.37. The molecular formula is C26H23ClF2N6O3. The molecular weight excluding hydrogens is 518 g/mol. The van der Waals surface area contributed by atoms with Crippen LogP contribution < -0.4 is 15.2 Å². The molecule has 0 aromatic carbocycles. The highest BCUT2D eigenvalue weighted by Gasteiger charge is 2.19. The van der Waals surface area contributed by atoms with Crippen LogP contribution in [0.25, 0.3) is 17.1 Å². The maximum atomic E-state index is 13.9. The van der Waals surface area contributed by atoms with Crippen LogP contribution in [0.4, 0.5) is 14.7 Å². The Hall–Kier alpha value is -3.96. The van der Waals surface area contributed by atoms with E-state index in [9.17, 15) is 13.6 Å². The maximum absolute atomic E-state index is 13.9. The number of halogens is 3. The van der Waals surface area contributed by atoms with Crippen molar-refractivity contribution < 1.29 is 18.3 Å². The van der Waals surface area contributed by atoms with Crippen molar-refractivity contribution in [2.75, 3.05) is 31.2 Å². The number of hydrogen-bond donors (Lipinski definition) is 0. The molecule has 0 spiro atoms. The van der Waals surface area contributed by atoms with E-state index in [-0.39, 0.29) is 23.1 Å². The third-order valence-corrected chi connectivity index (χ3v) is 6.41. The number of hydrogen-bond acceptors (Lipinski definition) is 8. The lowest BCUT2D eigenvalue weighted by atomic mass is 10.1. The number of nitrogens with zero attached hydrogens (tertiary/aromatic N) is 6. The van der Waals surface area contributed by atoms with E-state index in [1.807, 2.05) is 11.8 Å². The Morgan fingerprint density at radius 2 is 1.84 bits per heavy atom. The van der Waals surface area contributed by atoms with Gasteiger partial charge < -0.3 is 14.4 Å².